The first kappa shape index (κ1) is 30.9. The molecular formula is C31H45NO6Si. The van der Waals surface area contributed by atoms with E-state index >= 15 is 0 Å². The highest BCUT2D eigenvalue weighted by Gasteiger charge is 2.44. The van der Waals surface area contributed by atoms with E-state index in [9.17, 15) is 9.59 Å². The standard InChI is InChI=1S/C31H45NO6Si/c1-7-8-18-39(5,6)38-29(23(2)20-36-21-26-14-16-28(35-4)17-15-26)24(3)30(33)32-27(22-37-31(32)34)19-25-12-10-9-11-13-25/h9-17,23-24,27,29H,7-8,18-22H2,1-6H3/t23-,24+,27?,29-/m0/s1. The third-order valence-electron chi connectivity index (χ3n) is 7.35. The number of imide groups is 1. The number of hydrogen-bond donors (Lipinski definition) is 0. The Balaban J connectivity index is 1.73. The number of carbonyl (C=O) groups excluding carboxylic acids is 2. The summed E-state index contributed by atoms with van der Waals surface area (Å²) in [6.07, 6.45) is 1.80. The van der Waals surface area contributed by atoms with Crippen LogP contribution in [0.5, 0.6) is 5.75 Å². The van der Waals surface area contributed by atoms with Crippen molar-refractivity contribution in [1.29, 1.82) is 0 Å². The minimum Gasteiger partial charge on any atom is -0.497 e. The van der Waals surface area contributed by atoms with Crippen LogP contribution in [-0.2, 0) is 31.7 Å². The Kier molecular flexibility index (Phi) is 11.6. The molecule has 3 rings (SSSR count). The quantitative estimate of drug-likeness (QED) is 0.235. The maximum Gasteiger partial charge on any atom is 0.416 e. The second kappa shape index (κ2) is 14.6. The summed E-state index contributed by atoms with van der Waals surface area (Å²) >= 11 is 0. The molecule has 0 aromatic heterocycles. The summed E-state index contributed by atoms with van der Waals surface area (Å²) in [5, 5.41) is 0. The maximum absolute atomic E-state index is 13.9. The molecule has 1 saturated heterocycles. The van der Waals surface area contributed by atoms with Crippen molar-refractivity contribution in [3.8, 4) is 5.75 Å². The predicted octanol–water partition coefficient (Wildman–Crippen LogP) is 6.46. The number of rotatable bonds is 15. The molecule has 1 unspecified atom stereocenters. The molecule has 4 atom stereocenters. The van der Waals surface area contributed by atoms with E-state index in [1.807, 2.05) is 61.5 Å². The molecule has 0 bridgehead atoms. The van der Waals surface area contributed by atoms with Crippen LogP contribution in [-0.4, -0.2) is 57.7 Å². The van der Waals surface area contributed by atoms with Crippen LogP contribution < -0.4 is 4.74 Å². The molecular weight excluding hydrogens is 510 g/mol. The molecule has 1 fully saturated rings. The first-order chi connectivity index (χ1) is 18.6. The Morgan fingerprint density at radius 1 is 1.08 bits per heavy atom. The third kappa shape index (κ3) is 8.91. The molecule has 2 aromatic carbocycles. The van der Waals surface area contributed by atoms with Gasteiger partial charge in [0.25, 0.3) is 0 Å². The SMILES string of the molecule is CCCC[Si](C)(C)O[C@@H]([C@@H](C)COCc1ccc(OC)cc1)[C@@H](C)C(=O)N1C(=O)OCC1Cc1ccccc1. The van der Waals surface area contributed by atoms with Gasteiger partial charge < -0.3 is 18.6 Å². The zero-order valence-corrected chi connectivity index (χ0v) is 25.4. The van der Waals surface area contributed by atoms with Crippen molar-refractivity contribution >= 4 is 20.3 Å². The lowest BCUT2D eigenvalue weighted by Gasteiger charge is -2.37. The van der Waals surface area contributed by atoms with E-state index in [2.05, 4.69) is 26.9 Å². The van der Waals surface area contributed by atoms with Gasteiger partial charge >= 0.3 is 6.09 Å². The molecule has 0 aliphatic carbocycles. The molecule has 214 valence electrons. The topological polar surface area (TPSA) is 74.3 Å². The number of unbranched alkanes of at least 4 members (excludes halogenated alkanes) is 1. The fraction of sp³-hybridized carbons (Fsp3) is 0.548. The van der Waals surface area contributed by atoms with Gasteiger partial charge in [0, 0.05) is 5.92 Å². The van der Waals surface area contributed by atoms with Crippen LogP contribution >= 0.6 is 0 Å². The highest BCUT2D eigenvalue weighted by molar-refractivity contribution is 6.71. The lowest BCUT2D eigenvalue weighted by atomic mass is 9.92. The monoisotopic (exact) mass is 555 g/mol. The van der Waals surface area contributed by atoms with Crippen molar-refractivity contribution in [2.45, 2.75) is 77.9 Å². The largest absolute Gasteiger partial charge is 0.497 e. The maximum atomic E-state index is 13.9. The highest BCUT2D eigenvalue weighted by atomic mass is 28.4. The van der Waals surface area contributed by atoms with Gasteiger partial charge in [-0.3, -0.25) is 4.79 Å². The number of ether oxygens (including phenoxy) is 3. The van der Waals surface area contributed by atoms with Gasteiger partial charge in [0.1, 0.15) is 12.4 Å². The number of methoxy groups -OCH3 is 1. The summed E-state index contributed by atoms with van der Waals surface area (Å²) < 4.78 is 23.5. The lowest BCUT2D eigenvalue weighted by Crippen LogP contribution is -2.50. The van der Waals surface area contributed by atoms with Gasteiger partial charge in [-0.25, -0.2) is 9.69 Å². The molecule has 1 aliphatic rings. The molecule has 1 heterocycles. The van der Waals surface area contributed by atoms with Crippen LogP contribution in [0.1, 0.15) is 44.7 Å². The van der Waals surface area contributed by atoms with Crippen LogP contribution in [0.2, 0.25) is 19.1 Å². The van der Waals surface area contributed by atoms with Crippen molar-refractivity contribution < 1.29 is 28.2 Å². The fourth-order valence-electron chi connectivity index (χ4n) is 5.05. The van der Waals surface area contributed by atoms with E-state index in [0.717, 1.165) is 35.8 Å². The van der Waals surface area contributed by atoms with E-state index in [-0.39, 0.29) is 30.6 Å². The van der Waals surface area contributed by atoms with E-state index in [0.29, 0.717) is 19.6 Å². The summed E-state index contributed by atoms with van der Waals surface area (Å²) in [6.45, 7) is 11.6. The Labute approximate surface area is 234 Å². The summed E-state index contributed by atoms with van der Waals surface area (Å²) in [6, 6.07) is 18.4. The van der Waals surface area contributed by atoms with Crippen LogP contribution in [0.25, 0.3) is 0 Å². The molecule has 2 amide bonds. The van der Waals surface area contributed by atoms with E-state index < -0.39 is 20.3 Å². The molecule has 7 nitrogen and oxygen atoms in total. The molecule has 8 heteroatoms. The number of hydrogen-bond acceptors (Lipinski definition) is 6. The molecule has 2 aromatic rings. The average molecular weight is 556 g/mol. The van der Waals surface area contributed by atoms with Gasteiger partial charge in [-0.05, 0) is 48.8 Å². The third-order valence-corrected chi connectivity index (χ3v) is 9.82. The van der Waals surface area contributed by atoms with Crippen LogP contribution in [0, 0.1) is 11.8 Å². The van der Waals surface area contributed by atoms with Crippen molar-refractivity contribution in [2.75, 3.05) is 20.3 Å². The Morgan fingerprint density at radius 3 is 2.41 bits per heavy atom. The lowest BCUT2D eigenvalue weighted by molar-refractivity contribution is -0.137. The smallest absolute Gasteiger partial charge is 0.416 e. The van der Waals surface area contributed by atoms with E-state index in [4.69, 9.17) is 18.6 Å². The highest BCUT2D eigenvalue weighted by Crippen LogP contribution is 2.29. The second-order valence-electron chi connectivity index (χ2n) is 11.2. The van der Waals surface area contributed by atoms with Gasteiger partial charge in [0.15, 0.2) is 8.32 Å². The molecule has 39 heavy (non-hydrogen) atoms. The number of carbonyl (C=O) groups is 2. The number of amides is 2. The summed E-state index contributed by atoms with van der Waals surface area (Å²) in [5.41, 5.74) is 2.11. The van der Waals surface area contributed by atoms with Crippen molar-refractivity contribution in [2.24, 2.45) is 11.8 Å². The van der Waals surface area contributed by atoms with Crippen molar-refractivity contribution in [3.05, 3.63) is 65.7 Å². The zero-order valence-electron chi connectivity index (χ0n) is 24.4. The zero-order chi connectivity index (χ0) is 28.4. The summed E-state index contributed by atoms with van der Waals surface area (Å²) in [5.74, 6) is -0.0207. The van der Waals surface area contributed by atoms with E-state index in [1.165, 1.54) is 4.90 Å². The van der Waals surface area contributed by atoms with Crippen molar-refractivity contribution in [3.63, 3.8) is 0 Å². The van der Waals surface area contributed by atoms with Gasteiger partial charge in [-0.2, -0.15) is 0 Å². The van der Waals surface area contributed by atoms with Crippen LogP contribution in [0.4, 0.5) is 4.79 Å². The fourth-order valence-corrected chi connectivity index (χ4v) is 7.54. The number of benzene rings is 2. The minimum atomic E-state index is -2.06. The van der Waals surface area contributed by atoms with Gasteiger partial charge in [0.05, 0.1) is 38.4 Å². The Morgan fingerprint density at radius 2 is 1.77 bits per heavy atom. The minimum absolute atomic E-state index is 0.0539. The molecule has 0 saturated carbocycles. The first-order valence-corrected chi connectivity index (χ1v) is 17.2. The van der Waals surface area contributed by atoms with Gasteiger partial charge in [-0.15, -0.1) is 0 Å². The molecule has 0 spiro atoms. The number of nitrogens with zero attached hydrogens (tertiary/aromatic N) is 1. The average Bonchev–Trinajstić information content (AvgIpc) is 3.30. The van der Waals surface area contributed by atoms with Crippen LogP contribution in [0.3, 0.4) is 0 Å². The van der Waals surface area contributed by atoms with E-state index in [1.54, 1.807) is 7.11 Å². The number of cyclic esters (lactones) is 1. The second-order valence-corrected chi connectivity index (χ2v) is 15.5. The van der Waals surface area contributed by atoms with Crippen LogP contribution in [0.15, 0.2) is 54.6 Å². The van der Waals surface area contributed by atoms with Gasteiger partial charge in [0.2, 0.25) is 5.91 Å². The molecule has 0 radical (unpaired) electrons. The van der Waals surface area contributed by atoms with Crippen molar-refractivity contribution in [1.82, 2.24) is 4.90 Å². The Bertz CT molecular complexity index is 1040. The first-order valence-electron chi connectivity index (χ1n) is 14.1. The normalized spacial score (nSPS) is 17.9. The van der Waals surface area contributed by atoms with Gasteiger partial charge in [-0.1, -0.05) is 76.1 Å². The molecule has 0 N–H and O–H groups in total. The summed E-state index contributed by atoms with van der Waals surface area (Å²) in [4.78, 5) is 27.9. The summed E-state index contributed by atoms with van der Waals surface area (Å²) in [7, 11) is -0.418. The Hall–Kier alpha value is -2.68. The predicted molar refractivity (Wildman–Crippen MR) is 155 cm³/mol. The molecule has 1 aliphatic heterocycles.